The number of H-pyrrole nitrogens is 1. The lowest BCUT2D eigenvalue weighted by Crippen LogP contribution is -2.29. The minimum absolute atomic E-state index is 0.0955. The Morgan fingerprint density at radius 3 is 2.66 bits per heavy atom. The largest absolute Gasteiger partial charge is 0.355 e. The Hall–Kier alpha value is -3.23. The first-order valence-electron chi connectivity index (χ1n) is 10.3. The number of amides is 1. The molecule has 7 nitrogen and oxygen atoms in total. The van der Waals surface area contributed by atoms with Crippen LogP contribution < -0.4 is 5.32 Å². The lowest BCUT2D eigenvalue weighted by atomic mass is 10.1. The van der Waals surface area contributed by atoms with Gasteiger partial charge in [-0.05, 0) is 73.9 Å². The van der Waals surface area contributed by atoms with E-state index in [1.165, 1.54) is 5.56 Å². The smallest absolute Gasteiger partial charge is 0.240 e. The molecule has 0 saturated heterocycles. The highest BCUT2D eigenvalue weighted by atomic mass is 35.5. The van der Waals surface area contributed by atoms with Crippen LogP contribution in [-0.4, -0.2) is 37.0 Å². The molecule has 0 radical (unpaired) electrons. The van der Waals surface area contributed by atoms with Crippen molar-refractivity contribution in [3.05, 3.63) is 81.8 Å². The second-order valence-corrected chi connectivity index (χ2v) is 8.24. The summed E-state index contributed by atoms with van der Waals surface area (Å²) in [6.07, 6.45) is 3.70. The van der Waals surface area contributed by atoms with Gasteiger partial charge in [0.1, 0.15) is 6.54 Å². The molecule has 0 aliphatic heterocycles. The summed E-state index contributed by atoms with van der Waals surface area (Å²) in [4.78, 5) is 12.5. The SMILES string of the molecule is Cc1nn(-c2ccccc2)cc1CCCNC(=O)Cn1c(-c2ccc(Cl)cc2)n[nH]c1=S. The molecule has 2 aromatic carbocycles. The highest BCUT2D eigenvalue weighted by Crippen LogP contribution is 2.20. The van der Waals surface area contributed by atoms with Crippen LogP contribution in [0.25, 0.3) is 17.1 Å². The number of para-hydroxylation sites is 1. The summed E-state index contributed by atoms with van der Waals surface area (Å²) in [6, 6.07) is 17.3. The molecule has 4 rings (SSSR count). The highest BCUT2D eigenvalue weighted by Gasteiger charge is 2.12. The Kier molecular flexibility index (Phi) is 6.82. The average Bonchev–Trinajstić information content (AvgIpc) is 3.35. The van der Waals surface area contributed by atoms with Crippen LogP contribution >= 0.6 is 23.8 Å². The summed E-state index contributed by atoms with van der Waals surface area (Å²) >= 11 is 11.3. The Balaban J connectivity index is 1.31. The van der Waals surface area contributed by atoms with Crippen molar-refractivity contribution in [3.8, 4) is 17.1 Å². The molecule has 1 amide bonds. The number of aryl methyl sites for hydroxylation is 2. The number of hydrogen-bond donors (Lipinski definition) is 2. The van der Waals surface area contributed by atoms with E-state index in [-0.39, 0.29) is 12.5 Å². The van der Waals surface area contributed by atoms with E-state index < -0.39 is 0 Å². The van der Waals surface area contributed by atoms with Crippen molar-refractivity contribution in [2.75, 3.05) is 6.54 Å². The zero-order valence-corrected chi connectivity index (χ0v) is 19.2. The van der Waals surface area contributed by atoms with Gasteiger partial charge in [0.25, 0.3) is 0 Å². The van der Waals surface area contributed by atoms with Crippen LogP contribution in [-0.2, 0) is 17.8 Å². The zero-order valence-electron chi connectivity index (χ0n) is 17.6. The van der Waals surface area contributed by atoms with Crippen LogP contribution in [0.3, 0.4) is 0 Å². The maximum atomic E-state index is 12.5. The second kappa shape index (κ2) is 9.93. The van der Waals surface area contributed by atoms with Gasteiger partial charge in [-0.2, -0.15) is 10.2 Å². The van der Waals surface area contributed by atoms with Gasteiger partial charge in [0.05, 0.1) is 11.4 Å². The Morgan fingerprint density at radius 1 is 1.16 bits per heavy atom. The van der Waals surface area contributed by atoms with E-state index in [0.717, 1.165) is 29.8 Å². The summed E-state index contributed by atoms with van der Waals surface area (Å²) in [5.41, 5.74) is 4.03. The van der Waals surface area contributed by atoms with Crippen LogP contribution in [0.15, 0.2) is 60.8 Å². The topological polar surface area (TPSA) is 80.5 Å². The number of aromatic nitrogens is 5. The molecular weight excluding hydrogens is 444 g/mol. The minimum Gasteiger partial charge on any atom is -0.355 e. The molecule has 0 unspecified atom stereocenters. The Bertz CT molecular complexity index is 1260. The average molecular weight is 467 g/mol. The molecule has 2 aromatic heterocycles. The van der Waals surface area contributed by atoms with Gasteiger partial charge in [0.15, 0.2) is 10.6 Å². The molecule has 2 N–H and O–H groups in total. The molecule has 2 heterocycles. The molecule has 0 spiro atoms. The molecule has 0 fully saturated rings. The second-order valence-electron chi connectivity index (χ2n) is 7.42. The number of rotatable bonds is 8. The number of hydrogen-bond acceptors (Lipinski definition) is 4. The van der Waals surface area contributed by atoms with Crippen molar-refractivity contribution in [2.45, 2.75) is 26.3 Å². The predicted molar refractivity (Wildman–Crippen MR) is 127 cm³/mol. The van der Waals surface area contributed by atoms with Crippen molar-refractivity contribution in [2.24, 2.45) is 0 Å². The van der Waals surface area contributed by atoms with Gasteiger partial charge in [0, 0.05) is 23.3 Å². The van der Waals surface area contributed by atoms with Crippen molar-refractivity contribution in [3.63, 3.8) is 0 Å². The first kappa shape index (κ1) is 22.0. The normalized spacial score (nSPS) is 10.9. The molecule has 164 valence electrons. The number of nitrogens with zero attached hydrogens (tertiary/aromatic N) is 4. The third kappa shape index (κ3) is 5.15. The summed E-state index contributed by atoms with van der Waals surface area (Å²) in [5, 5.41) is 15.2. The standard InChI is InChI=1S/C23H23ClN6OS/c1-16-18(14-30(28-16)20-7-3-2-4-8-20)6-5-13-25-21(31)15-29-22(26-27-23(29)32)17-9-11-19(24)12-10-17/h2-4,7-12,14H,5-6,13,15H2,1H3,(H,25,31)(H,27,32). The van der Waals surface area contributed by atoms with E-state index in [1.54, 1.807) is 16.7 Å². The molecule has 32 heavy (non-hydrogen) atoms. The quantitative estimate of drug-likeness (QED) is 0.296. The van der Waals surface area contributed by atoms with E-state index in [2.05, 4.69) is 26.8 Å². The van der Waals surface area contributed by atoms with E-state index in [1.807, 2.05) is 54.1 Å². The van der Waals surface area contributed by atoms with Crippen molar-refractivity contribution < 1.29 is 4.79 Å². The third-order valence-electron chi connectivity index (χ3n) is 5.13. The number of carbonyl (C=O) groups excluding carboxylic acids is 1. The molecule has 0 saturated carbocycles. The van der Waals surface area contributed by atoms with Gasteiger partial charge >= 0.3 is 0 Å². The van der Waals surface area contributed by atoms with Crippen LogP contribution in [0.2, 0.25) is 5.02 Å². The van der Waals surface area contributed by atoms with Crippen molar-refractivity contribution in [1.82, 2.24) is 29.9 Å². The first-order chi connectivity index (χ1) is 15.5. The number of aromatic amines is 1. The number of halogens is 1. The number of carbonyl (C=O) groups is 1. The maximum Gasteiger partial charge on any atom is 0.240 e. The van der Waals surface area contributed by atoms with Crippen LogP contribution in [0.5, 0.6) is 0 Å². The zero-order chi connectivity index (χ0) is 22.5. The van der Waals surface area contributed by atoms with Crippen LogP contribution in [0.4, 0.5) is 0 Å². The van der Waals surface area contributed by atoms with Gasteiger partial charge in [-0.1, -0.05) is 29.8 Å². The van der Waals surface area contributed by atoms with E-state index in [4.69, 9.17) is 23.8 Å². The molecule has 0 aliphatic rings. The van der Waals surface area contributed by atoms with Gasteiger partial charge in [-0.25, -0.2) is 4.68 Å². The summed E-state index contributed by atoms with van der Waals surface area (Å²) in [7, 11) is 0. The predicted octanol–water partition coefficient (Wildman–Crippen LogP) is 4.50. The van der Waals surface area contributed by atoms with Crippen LogP contribution in [0.1, 0.15) is 17.7 Å². The molecule has 0 bridgehead atoms. The number of benzene rings is 2. The van der Waals surface area contributed by atoms with Gasteiger partial charge in [0.2, 0.25) is 5.91 Å². The summed E-state index contributed by atoms with van der Waals surface area (Å²) in [5.74, 6) is 0.486. The summed E-state index contributed by atoms with van der Waals surface area (Å²) in [6.45, 7) is 2.67. The van der Waals surface area contributed by atoms with Gasteiger partial charge in [-0.15, -0.1) is 0 Å². The molecule has 0 aliphatic carbocycles. The van der Waals surface area contributed by atoms with Crippen molar-refractivity contribution in [1.29, 1.82) is 0 Å². The fourth-order valence-electron chi connectivity index (χ4n) is 3.44. The molecular formula is C23H23ClN6OS. The van der Waals surface area contributed by atoms with E-state index in [0.29, 0.717) is 22.2 Å². The van der Waals surface area contributed by atoms with Crippen molar-refractivity contribution >= 4 is 29.7 Å². The fourth-order valence-corrected chi connectivity index (χ4v) is 3.77. The summed E-state index contributed by atoms with van der Waals surface area (Å²) < 4.78 is 3.97. The lowest BCUT2D eigenvalue weighted by molar-refractivity contribution is -0.121. The van der Waals surface area contributed by atoms with Gasteiger partial charge < -0.3 is 5.32 Å². The Morgan fingerprint density at radius 2 is 1.91 bits per heavy atom. The van der Waals surface area contributed by atoms with E-state index >= 15 is 0 Å². The maximum absolute atomic E-state index is 12.5. The third-order valence-corrected chi connectivity index (χ3v) is 5.69. The monoisotopic (exact) mass is 466 g/mol. The highest BCUT2D eigenvalue weighted by molar-refractivity contribution is 7.71. The fraction of sp³-hybridized carbons (Fsp3) is 0.217. The Labute approximate surface area is 196 Å². The number of nitrogens with one attached hydrogen (secondary N) is 2. The lowest BCUT2D eigenvalue weighted by Gasteiger charge is -2.08. The van der Waals surface area contributed by atoms with E-state index in [9.17, 15) is 4.79 Å². The first-order valence-corrected chi connectivity index (χ1v) is 11.1. The van der Waals surface area contributed by atoms with Crippen LogP contribution in [0, 0.1) is 11.7 Å². The minimum atomic E-state index is -0.116. The molecule has 9 heteroatoms. The van der Waals surface area contributed by atoms with Gasteiger partial charge in [-0.3, -0.25) is 14.5 Å². The molecule has 4 aromatic rings. The molecule has 0 atom stereocenters.